The van der Waals surface area contributed by atoms with Crippen LogP contribution in [0.5, 0.6) is 0 Å². The van der Waals surface area contributed by atoms with E-state index in [4.69, 9.17) is 0 Å². The molecule has 0 fully saturated rings. The van der Waals surface area contributed by atoms with Gasteiger partial charge >= 0.3 is 0 Å². The molecule has 0 heterocycles. The minimum Gasteiger partial charge on any atom is -0.363 e. The van der Waals surface area contributed by atoms with E-state index in [0.29, 0.717) is 5.41 Å². The fourth-order valence-electron chi connectivity index (χ4n) is 1.17. The highest BCUT2D eigenvalue weighted by atomic mass is 14.9. The highest BCUT2D eigenvalue weighted by Gasteiger charge is 2.16. The monoisotopic (exact) mass is 223 g/mol. The maximum absolute atomic E-state index is 4.11. The summed E-state index contributed by atoms with van der Waals surface area (Å²) < 4.78 is 0. The third-order valence-corrected chi connectivity index (χ3v) is 2.71. The standard InChI is InChI=1S/C15H29N/c1-9-13(10-11-14(3,4)5)16-12(2)15(6,7)8/h9,16H,2,10-11H2,1,3-8H3/b13-9+. The van der Waals surface area contributed by atoms with Crippen molar-refractivity contribution in [2.24, 2.45) is 10.8 Å². The Kier molecular flexibility index (Phi) is 5.31. The third-order valence-electron chi connectivity index (χ3n) is 2.71. The molecule has 1 nitrogen and oxygen atoms in total. The first-order valence-corrected chi connectivity index (χ1v) is 6.18. The predicted molar refractivity (Wildman–Crippen MR) is 74.2 cm³/mol. The second-order valence-electron chi connectivity index (χ2n) is 6.73. The average molecular weight is 223 g/mol. The highest BCUT2D eigenvalue weighted by molar-refractivity contribution is 5.12. The molecule has 0 bridgehead atoms. The summed E-state index contributed by atoms with van der Waals surface area (Å²) in [5, 5.41) is 3.45. The minimum absolute atomic E-state index is 0.121. The molecule has 0 aliphatic carbocycles. The van der Waals surface area contributed by atoms with Crippen LogP contribution in [-0.2, 0) is 0 Å². The topological polar surface area (TPSA) is 12.0 Å². The van der Waals surface area contributed by atoms with E-state index in [2.05, 4.69) is 66.4 Å². The molecule has 0 radical (unpaired) electrons. The second kappa shape index (κ2) is 5.56. The van der Waals surface area contributed by atoms with Gasteiger partial charge in [0.2, 0.25) is 0 Å². The molecule has 0 spiro atoms. The number of rotatable bonds is 4. The number of hydrogen-bond acceptors (Lipinski definition) is 1. The maximum atomic E-state index is 4.11. The predicted octanol–water partition coefficient (Wildman–Crippen LogP) is 4.87. The van der Waals surface area contributed by atoms with Crippen molar-refractivity contribution in [1.82, 2.24) is 5.32 Å². The molecule has 0 amide bonds. The average Bonchev–Trinajstić information content (AvgIpc) is 2.08. The van der Waals surface area contributed by atoms with Crippen LogP contribution in [0.3, 0.4) is 0 Å². The fourth-order valence-corrected chi connectivity index (χ4v) is 1.17. The van der Waals surface area contributed by atoms with Crippen molar-refractivity contribution in [2.45, 2.75) is 61.3 Å². The van der Waals surface area contributed by atoms with Crippen LogP contribution < -0.4 is 5.32 Å². The van der Waals surface area contributed by atoms with Gasteiger partial charge in [0.15, 0.2) is 0 Å². The summed E-state index contributed by atoms with van der Waals surface area (Å²) >= 11 is 0. The first kappa shape index (κ1) is 15.3. The van der Waals surface area contributed by atoms with Gasteiger partial charge < -0.3 is 5.32 Å². The quantitative estimate of drug-likeness (QED) is 0.717. The summed E-state index contributed by atoms with van der Waals surface area (Å²) in [5.74, 6) is 0. The first-order valence-electron chi connectivity index (χ1n) is 6.18. The molecule has 0 rings (SSSR count). The van der Waals surface area contributed by atoms with Crippen LogP contribution in [0.4, 0.5) is 0 Å². The molecular weight excluding hydrogens is 194 g/mol. The van der Waals surface area contributed by atoms with Crippen molar-refractivity contribution in [1.29, 1.82) is 0 Å². The zero-order valence-electron chi connectivity index (χ0n) is 12.2. The summed E-state index contributed by atoms with van der Waals surface area (Å²) in [4.78, 5) is 0. The molecule has 0 aliphatic rings. The molecule has 16 heavy (non-hydrogen) atoms. The number of nitrogens with one attached hydrogen (secondary N) is 1. The van der Waals surface area contributed by atoms with E-state index >= 15 is 0 Å². The lowest BCUT2D eigenvalue weighted by molar-refractivity contribution is 0.372. The van der Waals surface area contributed by atoms with Crippen molar-refractivity contribution in [2.75, 3.05) is 0 Å². The van der Waals surface area contributed by atoms with Gasteiger partial charge in [0.1, 0.15) is 0 Å². The molecule has 0 aliphatic heterocycles. The molecule has 0 aromatic rings. The Hall–Kier alpha value is -0.720. The van der Waals surface area contributed by atoms with Crippen LogP contribution in [0, 0.1) is 10.8 Å². The van der Waals surface area contributed by atoms with Crippen LogP contribution in [0.2, 0.25) is 0 Å². The molecule has 0 atom stereocenters. The van der Waals surface area contributed by atoms with Crippen molar-refractivity contribution in [3.8, 4) is 0 Å². The van der Waals surface area contributed by atoms with Gasteiger partial charge in [0.05, 0.1) is 0 Å². The van der Waals surface area contributed by atoms with Crippen LogP contribution >= 0.6 is 0 Å². The Morgan fingerprint density at radius 1 is 1.12 bits per heavy atom. The van der Waals surface area contributed by atoms with Gasteiger partial charge in [-0.2, -0.15) is 0 Å². The fraction of sp³-hybridized carbons (Fsp3) is 0.733. The summed E-state index contributed by atoms with van der Waals surface area (Å²) in [6.45, 7) is 19.6. The van der Waals surface area contributed by atoms with Gasteiger partial charge in [-0.1, -0.05) is 54.2 Å². The maximum Gasteiger partial charge on any atom is 0.0130 e. The number of allylic oxidation sites excluding steroid dienone is 3. The molecular formula is C15H29N. The molecule has 0 unspecified atom stereocenters. The minimum atomic E-state index is 0.121. The van der Waals surface area contributed by atoms with Gasteiger partial charge in [-0.25, -0.2) is 0 Å². The normalized spacial score (nSPS) is 13.8. The van der Waals surface area contributed by atoms with Crippen molar-refractivity contribution in [3.05, 3.63) is 24.0 Å². The van der Waals surface area contributed by atoms with E-state index in [9.17, 15) is 0 Å². The largest absolute Gasteiger partial charge is 0.363 e. The lowest BCUT2D eigenvalue weighted by Gasteiger charge is -2.26. The van der Waals surface area contributed by atoms with Crippen molar-refractivity contribution < 1.29 is 0 Å². The Morgan fingerprint density at radius 2 is 1.62 bits per heavy atom. The van der Waals surface area contributed by atoms with E-state index < -0.39 is 0 Å². The molecule has 0 saturated heterocycles. The SMILES string of the molecule is C=C(N/C(=C/C)CCC(C)(C)C)C(C)(C)C. The lowest BCUT2D eigenvalue weighted by Crippen LogP contribution is -2.23. The van der Waals surface area contributed by atoms with E-state index in [1.54, 1.807) is 0 Å². The third kappa shape index (κ3) is 6.71. The molecule has 0 aromatic heterocycles. The van der Waals surface area contributed by atoms with Crippen LogP contribution in [0.15, 0.2) is 24.0 Å². The van der Waals surface area contributed by atoms with E-state index in [1.807, 2.05) is 0 Å². The summed E-state index contributed by atoms with van der Waals surface area (Å²) in [6, 6.07) is 0. The smallest absolute Gasteiger partial charge is 0.0130 e. The zero-order chi connectivity index (χ0) is 13.0. The Labute approximate surface area is 102 Å². The van der Waals surface area contributed by atoms with Gasteiger partial charge in [0.25, 0.3) is 0 Å². The van der Waals surface area contributed by atoms with E-state index in [0.717, 1.165) is 12.1 Å². The van der Waals surface area contributed by atoms with Gasteiger partial charge in [-0.3, -0.25) is 0 Å². The van der Waals surface area contributed by atoms with E-state index in [-0.39, 0.29) is 5.41 Å². The van der Waals surface area contributed by atoms with Crippen LogP contribution in [0.1, 0.15) is 61.3 Å². The van der Waals surface area contributed by atoms with E-state index in [1.165, 1.54) is 12.1 Å². The second-order valence-corrected chi connectivity index (χ2v) is 6.73. The summed E-state index contributed by atoms with van der Waals surface area (Å²) in [5.41, 5.74) is 2.89. The molecule has 94 valence electrons. The lowest BCUT2D eigenvalue weighted by atomic mass is 9.89. The van der Waals surface area contributed by atoms with Crippen molar-refractivity contribution in [3.63, 3.8) is 0 Å². The molecule has 1 N–H and O–H groups in total. The van der Waals surface area contributed by atoms with Gasteiger partial charge in [-0.15, -0.1) is 0 Å². The van der Waals surface area contributed by atoms with Crippen LogP contribution in [-0.4, -0.2) is 0 Å². The van der Waals surface area contributed by atoms with Gasteiger partial charge in [0, 0.05) is 16.8 Å². The Balaban J connectivity index is 4.30. The van der Waals surface area contributed by atoms with Crippen LogP contribution in [0.25, 0.3) is 0 Å². The Bertz CT molecular complexity index is 258. The summed E-state index contributed by atoms with van der Waals surface area (Å²) in [6.07, 6.45) is 4.44. The molecule has 0 saturated carbocycles. The van der Waals surface area contributed by atoms with Gasteiger partial charge in [-0.05, 0) is 25.2 Å². The zero-order valence-corrected chi connectivity index (χ0v) is 12.2. The highest BCUT2D eigenvalue weighted by Crippen LogP contribution is 2.26. The van der Waals surface area contributed by atoms with Crippen molar-refractivity contribution >= 4 is 0 Å². The summed E-state index contributed by atoms with van der Waals surface area (Å²) in [7, 11) is 0. The molecule has 0 aromatic carbocycles. The number of hydrogen-bond donors (Lipinski definition) is 1. The Morgan fingerprint density at radius 3 is 1.94 bits per heavy atom. The first-order chi connectivity index (χ1) is 7.06. The molecule has 1 heteroatoms.